The molecule has 0 saturated carbocycles. The first-order valence-corrected chi connectivity index (χ1v) is 19.7. The molecule has 0 spiro atoms. The van der Waals surface area contributed by atoms with Crippen LogP contribution in [0.3, 0.4) is 0 Å². The number of aromatic nitrogens is 3. The second-order valence-electron chi connectivity index (χ2n) is 8.03. The fourth-order valence-electron chi connectivity index (χ4n) is 3.30. The van der Waals surface area contributed by atoms with Gasteiger partial charge in [-0.2, -0.15) is 0 Å². The summed E-state index contributed by atoms with van der Waals surface area (Å²) in [6.45, 7) is 3.44. The number of pyridine rings is 3. The van der Waals surface area contributed by atoms with Gasteiger partial charge in [0.15, 0.2) is 0 Å². The standard InChI is InChI=1S/C18H13ClF2N3O2.3CH3.Sn/c1-10-7-22-4-3-15(10)24-11(2)5-16(17(19)18(24)25)26-9-14-13(21)6-12(20)8-23-14;;;;/h3-6,8H,9H2,1-2H3;3*1H3;. The Morgan fingerprint density at radius 2 is 1.87 bits per heavy atom. The van der Waals surface area contributed by atoms with Crippen molar-refractivity contribution in [2.75, 3.05) is 0 Å². The first kappa shape index (κ1) is 22.7. The molecule has 0 atom stereocenters. The minimum absolute atomic E-state index is 0.0819. The van der Waals surface area contributed by atoms with Gasteiger partial charge in [0.2, 0.25) is 0 Å². The molecule has 0 radical (unpaired) electrons. The van der Waals surface area contributed by atoms with Gasteiger partial charge in [-0.25, -0.2) is 4.39 Å². The molecular weight excluding hydrogens is 518 g/mol. The van der Waals surface area contributed by atoms with Gasteiger partial charge >= 0.3 is 173 Å². The molecule has 0 unspecified atom stereocenters. The Morgan fingerprint density at radius 3 is 2.50 bits per heavy atom. The Bertz CT molecular complexity index is 1180. The monoisotopic (exact) mass is 541 g/mol. The van der Waals surface area contributed by atoms with Crippen LogP contribution < -0.4 is 14.0 Å². The van der Waals surface area contributed by atoms with Crippen LogP contribution >= 0.6 is 11.6 Å². The molecule has 0 aliphatic carbocycles. The molecule has 9 heteroatoms. The van der Waals surface area contributed by atoms with Crippen LogP contribution in [0, 0.1) is 25.5 Å². The van der Waals surface area contributed by atoms with Crippen molar-refractivity contribution in [2.24, 2.45) is 0 Å². The summed E-state index contributed by atoms with van der Waals surface area (Å²) in [5, 5.41) is -0.125. The molecule has 0 N–H and O–H groups in total. The molecule has 0 fully saturated rings. The van der Waals surface area contributed by atoms with E-state index >= 15 is 0 Å². The molecule has 30 heavy (non-hydrogen) atoms. The molecule has 0 aliphatic rings. The molecule has 0 bridgehead atoms. The van der Waals surface area contributed by atoms with E-state index in [1.54, 1.807) is 25.3 Å². The summed E-state index contributed by atoms with van der Waals surface area (Å²) in [4.78, 5) is 28.1. The van der Waals surface area contributed by atoms with E-state index in [0.29, 0.717) is 5.69 Å². The van der Waals surface area contributed by atoms with Crippen molar-refractivity contribution >= 4 is 33.7 Å². The Labute approximate surface area is 182 Å². The Balaban J connectivity index is 2.01. The topological polar surface area (TPSA) is 57.0 Å². The Morgan fingerprint density at radius 1 is 1.17 bits per heavy atom. The van der Waals surface area contributed by atoms with E-state index in [9.17, 15) is 13.6 Å². The van der Waals surface area contributed by atoms with Gasteiger partial charge in [-0.05, 0) is 0 Å². The zero-order chi connectivity index (χ0) is 22.2. The van der Waals surface area contributed by atoms with Crippen molar-refractivity contribution in [2.45, 2.75) is 35.3 Å². The molecule has 0 aliphatic heterocycles. The van der Waals surface area contributed by atoms with Gasteiger partial charge in [-0.3, -0.25) is 0 Å². The second-order valence-corrected chi connectivity index (χ2v) is 22.6. The summed E-state index contributed by atoms with van der Waals surface area (Å²) in [5.41, 5.74) is 1.78. The van der Waals surface area contributed by atoms with E-state index in [4.69, 9.17) is 16.3 Å². The summed E-state index contributed by atoms with van der Waals surface area (Å²) in [6, 6.07) is 4.13. The third-order valence-electron chi connectivity index (χ3n) is 4.68. The van der Waals surface area contributed by atoms with Crippen LogP contribution in [-0.4, -0.2) is 32.9 Å². The first-order chi connectivity index (χ1) is 14.0. The van der Waals surface area contributed by atoms with Gasteiger partial charge < -0.3 is 0 Å². The molecular formula is C21H22ClF2N3O2Sn. The number of aryl methyl sites for hydroxylation is 1. The summed E-state index contributed by atoms with van der Waals surface area (Å²) >= 11 is 3.81. The number of ether oxygens (including phenoxy) is 1. The number of hydrogen-bond donors (Lipinski definition) is 0. The number of hydrogen-bond acceptors (Lipinski definition) is 4. The zero-order valence-electron chi connectivity index (χ0n) is 17.4. The van der Waals surface area contributed by atoms with Crippen molar-refractivity contribution in [1.82, 2.24) is 14.5 Å². The second kappa shape index (κ2) is 8.62. The van der Waals surface area contributed by atoms with E-state index in [0.717, 1.165) is 27.2 Å². The van der Waals surface area contributed by atoms with Crippen LogP contribution in [0.15, 0.2) is 35.4 Å². The first-order valence-electron chi connectivity index (χ1n) is 9.32. The number of rotatable bonds is 5. The third-order valence-corrected chi connectivity index (χ3v) is 10.5. The van der Waals surface area contributed by atoms with E-state index in [2.05, 4.69) is 24.8 Å². The Kier molecular flexibility index (Phi) is 6.52. The van der Waals surface area contributed by atoms with Gasteiger partial charge in [-0.1, -0.05) is 0 Å². The molecule has 5 nitrogen and oxygen atoms in total. The number of nitrogens with zero attached hydrogens (tertiary/aromatic N) is 3. The maximum absolute atomic E-state index is 13.8. The average molecular weight is 541 g/mol. The molecule has 0 aromatic carbocycles. The van der Waals surface area contributed by atoms with Gasteiger partial charge in [0.25, 0.3) is 0 Å². The SMILES string of the molecule is Cc1c(-n2c(C)cc(OCc3ncc(F)cc3F)c(Cl)c2=O)ccn[c]1[Sn]([CH3])([CH3])[CH3]. The van der Waals surface area contributed by atoms with Crippen LogP contribution in [0.2, 0.25) is 19.8 Å². The molecule has 3 heterocycles. The van der Waals surface area contributed by atoms with Gasteiger partial charge in [-0.15, -0.1) is 0 Å². The van der Waals surface area contributed by atoms with Crippen molar-refractivity contribution in [3.8, 4) is 11.4 Å². The van der Waals surface area contributed by atoms with Crippen LogP contribution in [-0.2, 0) is 6.61 Å². The summed E-state index contributed by atoms with van der Waals surface area (Å²) < 4.78 is 35.0. The minimum atomic E-state index is -2.49. The van der Waals surface area contributed by atoms with Crippen LogP contribution in [0.1, 0.15) is 17.0 Å². The molecule has 3 aromatic heterocycles. The molecule has 158 valence electrons. The van der Waals surface area contributed by atoms with E-state index in [1.807, 2.05) is 6.92 Å². The molecule has 0 amide bonds. The molecule has 3 aromatic rings. The zero-order valence-corrected chi connectivity index (χ0v) is 21.0. The van der Waals surface area contributed by atoms with Crippen LogP contribution in [0.5, 0.6) is 5.75 Å². The summed E-state index contributed by atoms with van der Waals surface area (Å²) in [6.07, 6.45) is 2.61. The van der Waals surface area contributed by atoms with Crippen molar-refractivity contribution in [3.63, 3.8) is 0 Å². The van der Waals surface area contributed by atoms with Crippen molar-refractivity contribution in [3.05, 3.63) is 74.6 Å². The summed E-state index contributed by atoms with van der Waals surface area (Å²) in [5.74, 6) is -1.49. The predicted molar refractivity (Wildman–Crippen MR) is 116 cm³/mol. The van der Waals surface area contributed by atoms with Crippen LogP contribution in [0.25, 0.3) is 5.69 Å². The predicted octanol–water partition coefficient (Wildman–Crippen LogP) is 4.30. The van der Waals surface area contributed by atoms with Gasteiger partial charge in [0.1, 0.15) is 5.82 Å². The maximum atomic E-state index is 13.8. The van der Waals surface area contributed by atoms with Gasteiger partial charge in [0, 0.05) is 0 Å². The fraction of sp³-hybridized carbons (Fsp3) is 0.286. The van der Waals surface area contributed by atoms with Gasteiger partial charge in [0.05, 0.1) is 0 Å². The Hall–Kier alpha value is -2.00. The average Bonchev–Trinajstić information content (AvgIpc) is 2.65. The van der Waals surface area contributed by atoms with E-state index in [-0.39, 0.29) is 23.1 Å². The van der Waals surface area contributed by atoms with E-state index in [1.165, 1.54) is 4.57 Å². The number of halogens is 3. The quantitative estimate of drug-likeness (QED) is 0.453. The van der Waals surface area contributed by atoms with E-state index < -0.39 is 35.6 Å². The summed E-state index contributed by atoms with van der Waals surface area (Å²) in [7, 11) is 0. The molecule has 0 saturated heterocycles. The molecule has 3 rings (SSSR count). The van der Waals surface area contributed by atoms with Crippen molar-refractivity contribution < 1.29 is 13.5 Å². The normalized spacial score (nSPS) is 11.6. The fourth-order valence-corrected chi connectivity index (χ4v) is 8.39. The van der Waals surface area contributed by atoms with Crippen LogP contribution in [0.4, 0.5) is 8.78 Å². The van der Waals surface area contributed by atoms with Crippen molar-refractivity contribution in [1.29, 1.82) is 0 Å². The third kappa shape index (κ3) is 4.51.